The van der Waals surface area contributed by atoms with Crippen molar-refractivity contribution in [1.82, 2.24) is 10.6 Å². The molecule has 1 spiro atoms. The van der Waals surface area contributed by atoms with Crippen molar-refractivity contribution in [2.75, 3.05) is 26.8 Å². The second-order valence-corrected chi connectivity index (χ2v) is 5.18. The summed E-state index contributed by atoms with van der Waals surface area (Å²) in [6.45, 7) is 2.07. The smallest absolute Gasteiger partial charge is 0.314 e. The van der Waals surface area contributed by atoms with Gasteiger partial charge in [0, 0.05) is 38.1 Å². The molecule has 2 aliphatic rings. The number of hydrogen-bond donors (Lipinski definition) is 3. The Hall–Kier alpha value is -0.810. The van der Waals surface area contributed by atoms with Gasteiger partial charge in [0.2, 0.25) is 0 Å². The summed E-state index contributed by atoms with van der Waals surface area (Å²) in [4.78, 5) is 11.1. The minimum atomic E-state index is -0.302. The van der Waals surface area contributed by atoms with E-state index in [4.69, 9.17) is 4.74 Å². The van der Waals surface area contributed by atoms with Crippen molar-refractivity contribution < 1.29 is 14.6 Å². The maximum Gasteiger partial charge on any atom is 0.314 e. The molecule has 1 heterocycles. The van der Waals surface area contributed by atoms with Crippen LogP contribution in [0, 0.1) is 11.3 Å². The molecule has 2 amide bonds. The predicted octanol–water partition coefficient (Wildman–Crippen LogP) is 0.483. The maximum atomic E-state index is 11.1. The van der Waals surface area contributed by atoms with Crippen LogP contribution < -0.4 is 10.6 Å². The molecule has 0 bridgehead atoms. The molecule has 0 aromatic carbocycles. The molecule has 0 aromatic rings. The zero-order valence-corrected chi connectivity index (χ0v) is 10.4. The van der Waals surface area contributed by atoms with Gasteiger partial charge in [0.25, 0.3) is 0 Å². The van der Waals surface area contributed by atoms with Crippen molar-refractivity contribution in [1.29, 1.82) is 0 Å². The van der Waals surface area contributed by atoms with Gasteiger partial charge in [-0.2, -0.15) is 0 Å². The van der Waals surface area contributed by atoms with Crippen molar-refractivity contribution in [3.8, 4) is 0 Å². The third kappa shape index (κ3) is 2.55. The van der Waals surface area contributed by atoms with Gasteiger partial charge in [-0.15, -0.1) is 0 Å². The number of nitrogens with one attached hydrogen (secondary N) is 2. The third-order valence-electron chi connectivity index (χ3n) is 4.33. The van der Waals surface area contributed by atoms with Crippen LogP contribution in [0.4, 0.5) is 4.79 Å². The van der Waals surface area contributed by atoms with Crippen LogP contribution in [0.3, 0.4) is 0 Å². The maximum absolute atomic E-state index is 11.1. The lowest BCUT2D eigenvalue weighted by Crippen LogP contribution is -2.43. The van der Waals surface area contributed by atoms with Crippen LogP contribution in [0.25, 0.3) is 0 Å². The Morgan fingerprint density at radius 2 is 2.12 bits per heavy atom. The Labute approximate surface area is 102 Å². The topological polar surface area (TPSA) is 70.6 Å². The number of aliphatic hydroxyl groups excluding tert-OH is 1. The summed E-state index contributed by atoms with van der Waals surface area (Å²) in [5, 5.41) is 15.7. The summed E-state index contributed by atoms with van der Waals surface area (Å²) in [6.07, 6.45) is 3.64. The van der Waals surface area contributed by atoms with E-state index < -0.39 is 0 Å². The van der Waals surface area contributed by atoms with Crippen LogP contribution in [0.2, 0.25) is 0 Å². The SMILES string of the molecule is CNC(=O)NCC1CCC2(CCOCC2)C1O. The number of carbonyl (C=O) groups excluding carboxylic acids is 1. The van der Waals surface area contributed by atoms with Crippen molar-refractivity contribution >= 4 is 6.03 Å². The number of carbonyl (C=O) groups is 1. The Kier molecular flexibility index (Phi) is 3.89. The zero-order chi connectivity index (χ0) is 12.3. The minimum absolute atomic E-state index is 0.0489. The van der Waals surface area contributed by atoms with Crippen LogP contribution in [0.15, 0.2) is 0 Å². The monoisotopic (exact) mass is 242 g/mol. The number of rotatable bonds is 2. The summed E-state index contributed by atoms with van der Waals surface area (Å²) in [5.41, 5.74) is 0.0489. The van der Waals surface area contributed by atoms with E-state index in [-0.39, 0.29) is 23.5 Å². The first kappa shape index (κ1) is 12.6. The van der Waals surface area contributed by atoms with Crippen LogP contribution in [-0.4, -0.2) is 44.0 Å². The molecule has 2 fully saturated rings. The van der Waals surface area contributed by atoms with Gasteiger partial charge in [-0.25, -0.2) is 4.79 Å². The van der Waals surface area contributed by atoms with E-state index in [1.54, 1.807) is 7.05 Å². The van der Waals surface area contributed by atoms with Gasteiger partial charge in [-0.3, -0.25) is 0 Å². The number of ether oxygens (including phenoxy) is 1. The Morgan fingerprint density at radius 1 is 1.41 bits per heavy atom. The highest BCUT2D eigenvalue weighted by atomic mass is 16.5. The quantitative estimate of drug-likeness (QED) is 0.659. The lowest BCUT2D eigenvalue weighted by molar-refractivity contribution is -0.0554. The first-order valence-electron chi connectivity index (χ1n) is 6.39. The van der Waals surface area contributed by atoms with E-state index in [0.29, 0.717) is 6.54 Å². The first-order valence-corrected chi connectivity index (χ1v) is 6.39. The molecular weight excluding hydrogens is 220 g/mol. The first-order chi connectivity index (χ1) is 8.18. The highest BCUT2D eigenvalue weighted by Crippen LogP contribution is 2.48. The molecular formula is C12H22N2O3. The van der Waals surface area contributed by atoms with Crippen molar-refractivity contribution in [3.05, 3.63) is 0 Å². The third-order valence-corrected chi connectivity index (χ3v) is 4.33. The highest BCUT2D eigenvalue weighted by molar-refractivity contribution is 5.73. The second-order valence-electron chi connectivity index (χ2n) is 5.18. The Bertz CT molecular complexity index is 277. The highest BCUT2D eigenvalue weighted by Gasteiger charge is 2.47. The van der Waals surface area contributed by atoms with E-state index in [0.717, 1.165) is 38.9 Å². The molecule has 5 heteroatoms. The zero-order valence-electron chi connectivity index (χ0n) is 10.4. The molecule has 0 radical (unpaired) electrons. The number of hydrogen-bond acceptors (Lipinski definition) is 3. The van der Waals surface area contributed by atoms with Gasteiger partial charge in [-0.1, -0.05) is 0 Å². The van der Waals surface area contributed by atoms with Crippen LogP contribution in [0.5, 0.6) is 0 Å². The summed E-state index contributed by atoms with van der Waals surface area (Å²) in [5.74, 6) is 0.186. The lowest BCUT2D eigenvalue weighted by Gasteiger charge is -2.37. The van der Waals surface area contributed by atoms with Crippen molar-refractivity contribution in [2.24, 2.45) is 11.3 Å². The molecule has 1 saturated heterocycles. The predicted molar refractivity (Wildman–Crippen MR) is 63.7 cm³/mol. The van der Waals surface area contributed by atoms with Crippen LogP contribution in [0.1, 0.15) is 25.7 Å². The average Bonchev–Trinajstić information content (AvgIpc) is 2.66. The fourth-order valence-corrected chi connectivity index (χ4v) is 3.13. The second kappa shape index (κ2) is 5.23. The molecule has 1 aliphatic heterocycles. The lowest BCUT2D eigenvalue weighted by atomic mass is 9.76. The van der Waals surface area contributed by atoms with E-state index in [2.05, 4.69) is 10.6 Å². The number of aliphatic hydroxyl groups is 1. The Morgan fingerprint density at radius 3 is 2.76 bits per heavy atom. The van der Waals surface area contributed by atoms with Gasteiger partial charge in [-0.05, 0) is 25.7 Å². The van der Waals surface area contributed by atoms with E-state index in [9.17, 15) is 9.90 Å². The van der Waals surface area contributed by atoms with E-state index >= 15 is 0 Å². The largest absolute Gasteiger partial charge is 0.392 e. The summed E-state index contributed by atoms with van der Waals surface area (Å²) >= 11 is 0. The molecule has 2 rings (SSSR count). The average molecular weight is 242 g/mol. The molecule has 1 saturated carbocycles. The molecule has 2 atom stereocenters. The molecule has 5 nitrogen and oxygen atoms in total. The molecule has 1 aliphatic carbocycles. The van der Waals surface area contributed by atoms with Gasteiger partial charge in [0.05, 0.1) is 6.10 Å². The fraction of sp³-hybridized carbons (Fsp3) is 0.917. The van der Waals surface area contributed by atoms with Gasteiger partial charge in [0.1, 0.15) is 0 Å². The van der Waals surface area contributed by atoms with Gasteiger partial charge in [0.15, 0.2) is 0 Å². The molecule has 3 N–H and O–H groups in total. The fourth-order valence-electron chi connectivity index (χ4n) is 3.13. The number of urea groups is 1. The molecule has 2 unspecified atom stereocenters. The summed E-state index contributed by atoms with van der Waals surface area (Å²) in [6, 6.07) is -0.176. The van der Waals surface area contributed by atoms with E-state index in [1.807, 2.05) is 0 Å². The van der Waals surface area contributed by atoms with Crippen molar-refractivity contribution in [3.63, 3.8) is 0 Å². The summed E-state index contributed by atoms with van der Waals surface area (Å²) in [7, 11) is 1.60. The Balaban J connectivity index is 1.88. The van der Waals surface area contributed by atoms with E-state index in [1.165, 1.54) is 0 Å². The number of amides is 2. The summed E-state index contributed by atoms with van der Waals surface area (Å²) < 4.78 is 5.36. The minimum Gasteiger partial charge on any atom is -0.392 e. The normalized spacial score (nSPS) is 31.4. The van der Waals surface area contributed by atoms with Crippen LogP contribution >= 0.6 is 0 Å². The van der Waals surface area contributed by atoms with Crippen molar-refractivity contribution in [2.45, 2.75) is 31.8 Å². The standard InChI is InChI=1S/C12H22N2O3/c1-13-11(16)14-8-9-2-3-12(10(9)15)4-6-17-7-5-12/h9-10,15H,2-8H2,1H3,(H2,13,14,16). The molecule has 0 aromatic heterocycles. The van der Waals surface area contributed by atoms with Crippen LogP contribution in [-0.2, 0) is 4.74 Å². The van der Waals surface area contributed by atoms with Gasteiger partial charge >= 0.3 is 6.03 Å². The molecule has 17 heavy (non-hydrogen) atoms. The molecule has 98 valence electrons. The van der Waals surface area contributed by atoms with Gasteiger partial charge < -0.3 is 20.5 Å².